The number of allylic oxidation sites excluding steroid dienone is 16. The number of carboxylic acid groups (broad SMARTS) is 1. The predicted molar refractivity (Wildman–Crippen MR) is 312 cm³/mol. The van der Waals surface area contributed by atoms with Crippen molar-refractivity contribution in [2.24, 2.45) is 0 Å². The number of carbonyl (C=O) groups excluding carboxylic acids is 3. The lowest BCUT2D eigenvalue weighted by Crippen LogP contribution is -2.61. The van der Waals surface area contributed by atoms with Crippen molar-refractivity contribution < 1.29 is 58.2 Å². The summed E-state index contributed by atoms with van der Waals surface area (Å²) in [4.78, 5) is 51.1. The number of aliphatic carboxylic acids is 1. The van der Waals surface area contributed by atoms with Crippen LogP contribution in [0.1, 0.15) is 239 Å². The van der Waals surface area contributed by atoms with Gasteiger partial charge in [0.25, 0.3) is 0 Å². The first-order chi connectivity index (χ1) is 37.6. The highest BCUT2D eigenvalue weighted by Crippen LogP contribution is 2.26. The maximum Gasteiger partial charge on any atom is 0.335 e. The second kappa shape index (κ2) is 52.3. The van der Waals surface area contributed by atoms with Gasteiger partial charge in [0.2, 0.25) is 0 Å². The van der Waals surface area contributed by atoms with Crippen molar-refractivity contribution in [3.8, 4) is 0 Å². The van der Waals surface area contributed by atoms with Crippen molar-refractivity contribution in [1.82, 2.24) is 0 Å². The van der Waals surface area contributed by atoms with Crippen LogP contribution in [-0.4, -0.2) is 89.2 Å². The zero-order valence-corrected chi connectivity index (χ0v) is 48.2. The van der Waals surface area contributed by atoms with Crippen LogP contribution in [0.25, 0.3) is 0 Å². The highest BCUT2D eigenvalue weighted by molar-refractivity contribution is 5.74. The summed E-state index contributed by atoms with van der Waals surface area (Å²) >= 11 is 0. The Kier molecular flexibility index (Phi) is 48.0. The minimum Gasteiger partial charge on any atom is -0.479 e. The van der Waals surface area contributed by atoms with Crippen molar-refractivity contribution >= 4 is 23.9 Å². The minimum absolute atomic E-state index is 0.00308. The van der Waals surface area contributed by atoms with E-state index in [4.69, 9.17) is 23.7 Å². The van der Waals surface area contributed by atoms with Crippen LogP contribution < -0.4 is 0 Å². The van der Waals surface area contributed by atoms with E-state index in [0.717, 1.165) is 70.6 Å². The molecule has 0 amide bonds. The monoisotopic (exact) mass is 1080 g/mol. The van der Waals surface area contributed by atoms with Gasteiger partial charge in [0, 0.05) is 19.3 Å². The molecule has 1 rings (SSSR count). The van der Waals surface area contributed by atoms with Gasteiger partial charge >= 0.3 is 23.9 Å². The van der Waals surface area contributed by atoms with Crippen LogP contribution in [0.3, 0.4) is 0 Å². The standard InChI is InChI=1S/C65H106O12/c1-4-7-10-13-16-19-22-25-27-28-29-30-32-34-36-39-42-45-48-51-57(66)73-54-56(75-58(67)52-49-46-43-40-37-33-24-21-18-15-12-9-6-3)55-74-65-63(61(70)60(69)62(77-65)64(71)72)76-59(68)53-50-47-44-41-38-35-31-26-23-20-17-14-11-8-5-2/h8-9,11-12,17-18,20-21,26,31,33,37-38,41,43,46,56,60-63,65,69-70H,4-7,10,13-16,19,22-25,27-30,32,34-36,39-40,42,44-45,47-55H2,1-3H3,(H,71,72)/b11-8-,12-9-,20-17-,21-18-,31-26-,37-33-,41-38-,46-43-. The van der Waals surface area contributed by atoms with Crippen LogP contribution >= 0.6 is 0 Å². The van der Waals surface area contributed by atoms with E-state index in [1.807, 2.05) is 12.2 Å². The molecule has 77 heavy (non-hydrogen) atoms. The van der Waals surface area contributed by atoms with Gasteiger partial charge in [-0.2, -0.15) is 0 Å². The van der Waals surface area contributed by atoms with Crippen LogP contribution in [-0.2, 0) is 42.9 Å². The number of hydrogen-bond acceptors (Lipinski definition) is 11. The largest absolute Gasteiger partial charge is 0.479 e. The van der Waals surface area contributed by atoms with Crippen molar-refractivity contribution in [1.29, 1.82) is 0 Å². The molecule has 438 valence electrons. The maximum atomic E-state index is 13.1. The van der Waals surface area contributed by atoms with E-state index in [1.54, 1.807) is 0 Å². The van der Waals surface area contributed by atoms with Crippen molar-refractivity contribution in [2.75, 3.05) is 13.2 Å². The van der Waals surface area contributed by atoms with Gasteiger partial charge in [-0.1, -0.05) is 234 Å². The van der Waals surface area contributed by atoms with E-state index in [0.29, 0.717) is 32.1 Å². The maximum absolute atomic E-state index is 13.1. The van der Waals surface area contributed by atoms with Gasteiger partial charge in [0.1, 0.15) is 18.8 Å². The normalized spacial score (nSPS) is 18.7. The van der Waals surface area contributed by atoms with Gasteiger partial charge in [0.15, 0.2) is 24.6 Å². The van der Waals surface area contributed by atoms with Gasteiger partial charge in [0.05, 0.1) is 6.61 Å². The molecule has 12 heteroatoms. The average molecular weight is 1080 g/mol. The second-order valence-corrected chi connectivity index (χ2v) is 20.2. The first-order valence-electron chi connectivity index (χ1n) is 30.2. The Morgan fingerprint density at radius 2 is 0.844 bits per heavy atom. The molecule has 1 aliphatic rings. The third-order valence-corrected chi connectivity index (χ3v) is 13.2. The van der Waals surface area contributed by atoms with Crippen molar-refractivity contribution in [2.45, 2.75) is 276 Å². The van der Waals surface area contributed by atoms with Gasteiger partial charge in [-0.15, -0.1) is 0 Å². The highest BCUT2D eigenvalue weighted by atomic mass is 16.7. The lowest BCUT2D eigenvalue weighted by molar-refractivity contribution is -0.301. The number of carboxylic acids is 1. The van der Waals surface area contributed by atoms with Crippen molar-refractivity contribution in [3.63, 3.8) is 0 Å². The molecule has 0 aromatic carbocycles. The molecule has 6 unspecified atom stereocenters. The summed E-state index contributed by atoms with van der Waals surface area (Å²) in [6.07, 6.45) is 56.9. The highest BCUT2D eigenvalue weighted by Gasteiger charge is 2.50. The fraction of sp³-hybridized carbons (Fsp3) is 0.692. The Bertz CT molecular complexity index is 1710. The molecule has 3 N–H and O–H groups in total. The van der Waals surface area contributed by atoms with Crippen LogP contribution in [0.15, 0.2) is 97.2 Å². The fourth-order valence-electron chi connectivity index (χ4n) is 8.61. The molecule has 6 atom stereocenters. The Morgan fingerprint density at radius 1 is 0.442 bits per heavy atom. The van der Waals surface area contributed by atoms with Gasteiger partial charge in [-0.05, 0) is 83.5 Å². The Balaban J connectivity index is 2.71. The minimum atomic E-state index is -1.93. The molecule has 0 saturated carbocycles. The first-order valence-corrected chi connectivity index (χ1v) is 30.2. The quantitative estimate of drug-likeness (QED) is 0.0228. The molecule has 0 spiro atoms. The molecule has 0 aromatic rings. The number of unbranched alkanes of at least 4 members (excludes halogenated alkanes) is 20. The van der Waals surface area contributed by atoms with Crippen LogP contribution in [0.5, 0.6) is 0 Å². The van der Waals surface area contributed by atoms with E-state index >= 15 is 0 Å². The molecule has 0 radical (unpaired) electrons. The molecule has 0 bridgehead atoms. The molecule has 12 nitrogen and oxygen atoms in total. The number of aliphatic hydroxyl groups excluding tert-OH is 2. The molecule has 0 aliphatic carbocycles. The van der Waals surface area contributed by atoms with E-state index in [-0.39, 0.29) is 25.9 Å². The molecule has 1 heterocycles. The number of aliphatic hydroxyl groups is 2. The smallest absolute Gasteiger partial charge is 0.335 e. The van der Waals surface area contributed by atoms with E-state index in [1.165, 1.54) is 96.3 Å². The number of rotatable bonds is 50. The number of hydrogen-bond donors (Lipinski definition) is 3. The van der Waals surface area contributed by atoms with E-state index in [2.05, 4.69) is 106 Å². The summed E-state index contributed by atoms with van der Waals surface area (Å²) in [5.41, 5.74) is 0. The third-order valence-electron chi connectivity index (χ3n) is 13.2. The molecule has 1 aliphatic heterocycles. The Labute approximate surface area is 466 Å². The number of esters is 3. The van der Waals surface area contributed by atoms with E-state index < -0.39 is 67.3 Å². The van der Waals surface area contributed by atoms with Crippen LogP contribution in [0, 0.1) is 0 Å². The van der Waals surface area contributed by atoms with E-state index in [9.17, 15) is 34.5 Å². The second-order valence-electron chi connectivity index (χ2n) is 20.2. The first kappa shape index (κ1) is 70.7. The number of ether oxygens (including phenoxy) is 5. The SMILES string of the molecule is CC/C=C\C/C=C\C/C=C\C/C=C\CCCCC(=O)OC1C(OCC(COC(=O)CCCCCCCCCCCCCCCCCCCCC)OC(=O)CC/C=C\C/C=C\C/C=C\C/C=C\CC)OC(C(=O)O)C(O)C1O. The number of carbonyl (C=O) groups is 4. The Hall–Kier alpha value is -4.36. The summed E-state index contributed by atoms with van der Waals surface area (Å²) in [6, 6.07) is 0. The van der Waals surface area contributed by atoms with Crippen LogP contribution in [0.4, 0.5) is 0 Å². The topological polar surface area (TPSA) is 175 Å². The molecular formula is C65H106O12. The van der Waals surface area contributed by atoms with Crippen molar-refractivity contribution in [3.05, 3.63) is 97.2 Å². The summed E-state index contributed by atoms with van der Waals surface area (Å²) in [6.45, 7) is 5.69. The summed E-state index contributed by atoms with van der Waals surface area (Å²) < 4.78 is 28.3. The Morgan fingerprint density at radius 3 is 1.30 bits per heavy atom. The molecule has 1 saturated heterocycles. The fourth-order valence-corrected chi connectivity index (χ4v) is 8.61. The zero-order valence-electron chi connectivity index (χ0n) is 48.2. The third kappa shape index (κ3) is 42.3. The summed E-state index contributed by atoms with van der Waals surface area (Å²) in [5, 5.41) is 31.5. The molecular weight excluding hydrogens is 973 g/mol. The lowest BCUT2D eigenvalue weighted by Gasteiger charge is -2.40. The summed E-state index contributed by atoms with van der Waals surface area (Å²) in [5.74, 6) is -3.29. The average Bonchev–Trinajstić information content (AvgIpc) is 3.42. The lowest BCUT2D eigenvalue weighted by atomic mass is 9.98. The molecule has 1 fully saturated rings. The van der Waals surface area contributed by atoms with Crippen LogP contribution in [0.2, 0.25) is 0 Å². The molecule has 0 aromatic heterocycles. The van der Waals surface area contributed by atoms with Gasteiger partial charge < -0.3 is 39.0 Å². The predicted octanol–water partition coefficient (Wildman–Crippen LogP) is 15.7. The zero-order chi connectivity index (χ0) is 56.1. The van der Waals surface area contributed by atoms with Gasteiger partial charge in [-0.25, -0.2) is 4.79 Å². The van der Waals surface area contributed by atoms with Gasteiger partial charge in [-0.3, -0.25) is 14.4 Å². The summed E-state index contributed by atoms with van der Waals surface area (Å²) in [7, 11) is 0.